The minimum atomic E-state index is -1.88. The van der Waals surface area contributed by atoms with Gasteiger partial charge in [-0.05, 0) is 24.2 Å². The molecule has 0 amide bonds. The summed E-state index contributed by atoms with van der Waals surface area (Å²) in [5.74, 6) is 0. The maximum atomic E-state index is 5.54. The van der Waals surface area contributed by atoms with Crippen LogP contribution >= 0.6 is 0 Å². The lowest BCUT2D eigenvalue weighted by Crippen LogP contribution is -2.52. The predicted octanol–water partition coefficient (Wildman–Crippen LogP) is 1.47. The largest absolute Gasteiger partial charge is 0.398 e. The molecule has 0 radical (unpaired) electrons. The van der Waals surface area contributed by atoms with Crippen LogP contribution < -0.4 is 0 Å². The first-order chi connectivity index (χ1) is 6.66. The summed E-state index contributed by atoms with van der Waals surface area (Å²) >= 11 is 0. The van der Waals surface area contributed by atoms with Gasteiger partial charge in [-0.15, -0.1) is 0 Å². The van der Waals surface area contributed by atoms with Crippen molar-refractivity contribution in [3.05, 3.63) is 0 Å². The Bertz CT molecular complexity index is 148. The Balaban J connectivity index is 2.59. The summed E-state index contributed by atoms with van der Waals surface area (Å²) in [6, 6.07) is 3.98. The maximum absolute atomic E-state index is 5.54. The van der Waals surface area contributed by atoms with Crippen molar-refractivity contribution in [2.45, 2.75) is 24.2 Å². The number of hydrogen-bond donors (Lipinski definition) is 0. The zero-order chi connectivity index (χ0) is 10.7. The van der Waals surface area contributed by atoms with Gasteiger partial charge in [0.25, 0.3) is 0 Å². The van der Waals surface area contributed by atoms with E-state index in [1.54, 1.807) is 28.4 Å². The van der Waals surface area contributed by atoms with Crippen LogP contribution in [0.4, 0.5) is 0 Å². The third-order valence-electron chi connectivity index (χ3n) is 3.26. The van der Waals surface area contributed by atoms with Crippen LogP contribution in [-0.4, -0.2) is 45.6 Å². The molecule has 1 saturated heterocycles. The minimum Gasteiger partial charge on any atom is -0.398 e. The van der Waals surface area contributed by atoms with Gasteiger partial charge >= 0.3 is 17.1 Å². The van der Waals surface area contributed by atoms with E-state index in [0.717, 1.165) is 24.2 Å². The Hall–Kier alpha value is 0.274. The van der Waals surface area contributed by atoms with Gasteiger partial charge in [-0.3, -0.25) is 0 Å². The molecule has 0 unspecified atom stereocenters. The minimum absolute atomic E-state index is 0.994. The van der Waals surface area contributed by atoms with E-state index < -0.39 is 17.1 Å². The van der Waals surface area contributed by atoms with Crippen molar-refractivity contribution in [3.63, 3.8) is 0 Å². The molecular formula is C8H20O4Si2. The summed E-state index contributed by atoms with van der Waals surface area (Å²) in [7, 11) is 3.26. The maximum Gasteiger partial charge on any atom is 0.337 e. The highest BCUT2D eigenvalue weighted by molar-refractivity contribution is 6.78. The summed E-state index contributed by atoms with van der Waals surface area (Å²) in [5, 5.41) is 0. The molecule has 0 aliphatic carbocycles. The molecule has 0 bridgehead atoms. The summed E-state index contributed by atoms with van der Waals surface area (Å²) in [6.07, 6.45) is 0. The molecule has 6 heteroatoms. The van der Waals surface area contributed by atoms with Crippen molar-refractivity contribution in [3.8, 4) is 0 Å². The fourth-order valence-electron chi connectivity index (χ4n) is 1.99. The van der Waals surface area contributed by atoms with E-state index in [2.05, 4.69) is 0 Å². The van der Waals surface area contributed by atoms with E-state index in [4.69, 9.17) is 17.7 Å². The van der Waals surface area contributed by atoms with Crippen LogP contribution in [0.15, 0.2) is 0 Å². The first-order valence-electron chi connectivity index (χ1n) is 4.86. The van der Waals surface area contributed by atoms with Crippen LogP contribution in [0, 0.1) is 0 Å². The van der Waals surface area contributed by atoms with E-state index in [1.165, 1.54) is 0 Å². The molecule has 1 aliphatic heterocycles. The molecule has 1 aliphatic rings. The second-order valence-corrected chi connectivity index (χ2v) is 10.9. The van der Waals surface area contributed by atoms with Gasteiger partial charge in [0.1, 0.15) is 0 Å². The second kappa shape index (κ2) is 4.86. The first kappa shape index (κ1) is 12.3. The zero-order valence-electron chi connectivity index (χ0n) is 9.46. The van der Waals surface area contributed by atoms with Gasteiger partial charge < -0.3 is 17.7 Å². The molecule has 1 rings (SSSR count). The van der Waals surface area contributed by atoms with Crippen LogP contribution in [0.25, 0.3) is 0 Å². The molecule has 1 fully saturated rings. The Morgan fingerprint density at radius 3 is 0.929 bits per heavy atom. The van der Waals surface area contributed by atoms with Crippen LogP contribution in [-0.2, 0) is 17.7 Å². The topological polar surface area (TPSA) is 36.9 Å². The lowest BCUT2D eigenvalue weighted by Gasteiger charge is -2.38. The van der Waals surface area contributed by atoms with Crippen LogP contribution in [0.5, 0.6) is 0 Å². The summed E-state index contributed by atoms with van der Waals surface area (Å²) < 4.78 is 22.2. The van der Waals surface area contributed by atoms with Crippen molar-refractivity contribution in [2.75, 3.05) is 28.4 Å². The fourth-order valence-corrected chi connectivity index (χ4v) is 10.6. The standard InChI is InChI=1S/C8H20O4Si2/c1-9-13(10-2)5-7-14(11-3,12-4)8-6-13/h5-8H2,1-4H3. The molecule has 0 aromatic heterocycles. The zero-order valence-corrected chi connectivity index (χ0v) is 11.5. The van der Waals surface area contributed by atoms with E-state index in [-0.39, 0.29) is 0 Å². The SMILES string of the molecule is CO[Si]1(OC)CC[Si](OC)(OC)CC1. The molecule has 0 spiro atoms. The molecule has 0 atom stereocenters. The van der Waals surface area contributed by atoms with Crippen molar-refractivity contribution in [1.29, 1.82) is 0 Å². The molecule has 0 aromatic rings. The highest BCUT2D eigenvalue weighted by atomic mass is 28.4. The van der Waals surface area contributed by atoms with Gasteiger partial charge in [-0.1, -0.05) is 0 Å². The average molecular weight is 236 g/mol. The average Bonchev–Trinajstić information content (AvgIpc) is 2.29. The van der Waals surface area contributed by atoms with Crippen molar-refractivity contribution in [2.24, 2.45) is 0 Å². The molecule has 84 valence electrons. The normalized spacial score (nSPS) is 24.9. The first-order valence-corrected chi connectivity index (χ1v) is 9.33. The number of hydrogen-bond acceptors (Lipinski definition) is 4. The molecule has 1 heterocycles. The van der Waals surface area contributed by atoms with E-state index in [0.29, 0.717) is 0 Å². The molecular weight excluding hydrogens is 216 g/mol. The Morgan fingerprint density at radius 1 is 0.571 bits per heavy atom. The lowest BCUT2D eigenvalue weighted by molar-refractivity contribution is 0.214. The molecule has 0 aromatic carbocycles. The third-order valence-corrected chi connectivity index (χ3v) is 11.3. The molecule has 14 heavy (non-hydrogen) atoms. The summed E-state index contributed by atoms with van der Waals surface area (Å²) in [4.78, 5) is 0. The lowest BCUT2D eigenvalue weighted by atomic mass is 10.9. The fraction of sp³-hybridized carbons (Fsp3) is 1.00. The van der Waals surface area contributed by atoms with Gasteiger partial charge in [-0.2, -0.15) is 0 Å². The highest BCUT2D eigenvalue weighted by Gasteiger charge is 2.49. The second-order valence-electron chi connectivity index (χ2n) is 3.64. The smallest absolute Gasteiger partial charge is 0.337 e. The number of rotatable bonds is 4. The molecule has 0 N–H and O–H groups in total. The summed E-state index contributed by atoms with van der Waals surface area (Å²) in [5.41, 5.74) is 0. The molecule has 0 saturated carbocycles. The predicted molar refractivity (Wildman–Crippen MR) is 58.8 cm³/mol. The van der Waals surface area contributed by atoms with Crippen molar-refractivity contribution in [1.82, 2.24) is 0 Å². The van der Waals surface area contributed by atoms with Gasteiger partial charge in [0.05, 0.1) is 0 Å². The van der Waals surface area contributed by atoms with E-state index >= 15 is 0 Å². The van der Waals surface area contributed by atoms with Crippen molar-refractivity contribution >= 4 is 17.1 Å². The Kier molecular flexibility index (Phi) is 4.29. The van der Waals surface area contributed by atoms with Crippen LogP contribution in [0.1, 0.15) is 0 Å². The van der Waals surface area contributed by atoms with Crippen LogP contribution in [0.3, 0.4) is 0 Å². The van der Waals surface area contributed by atoms with E-state index in [1.807, 2.05) is 0 Å². The summed E-state index contributed by atoms with van der Waals surface area (Å²) in [6.45, 7) is 0. The van der Waals surface area contributed by atoms with Gasteiger partial charge in [-0.25, -0.2) is 0 Å². The van der Waals surface area contributed by atoms with Gasteiger partial charge in [0.15, 0.2) is 0 Å². The molecule has 4 nitrogen and oxygen atoms in total. The van der Waals surface area contributed by atoms with E-state index in [9.17, 15) is 0 Å². The quantitative estimate of drug-likeness (QED) is 0.693. The van der Waals surface area contributed by atoms with Gasteiger partial charge in [0, 0.05) is 28.4 Å². The monoisotopic (exact) mass is 236 g/mol. The third kappa shape index (κ3) is 2.26. The van der Waals surface area contributed by atoms with Gasteiger partial charge in [0.2, 0.25) is 0 Å². The van der Waals surface area contributed by atoms with Crippen LogP contribution in [0.2, 0.25) is 24.2 Å². The Morgan fingerprint density at radius 2 is 0.786 bits per heavy atom. The van der Waals surface area contributed by atoms with Crippen molar-refractivity contribution < 1.29 is 17.7 Å². The highest BCUT2D eigenvalue weighted by Crippen LogP contribution is 2.36. The Labute approximate surface area is 88.0 Å².